The van der Waals surface area contributed by atoms with E-state index in [1.807, 2.05) is 42.5 Å². The number of pyridine rings is 1. The minimum absolute atomic E-state index is 0.0175. The Kier molecular flexibility index (Phi) is 8.04. The number of hydrazone groups is 1. The highest BCUT2D eigenvalue weighted by atomic mass is 32.2. The van der Waals surface area contributed by atoms with Gasteiger partial charge >= 0.3 is 0 Å². The molecule has 0 spiro atoms. The van der Waals surface area contributed by atoms with Crippen LogP contribution in [0, 0.1) is 0 Å². The van der Waals surface area contributed by atoms with Crippen molar-refractivity contribution in [3.05, 3.63) is 102 Å². The lowest BCUT2D eigenvalue weighted by atomic mass is 10.1. The molecule has 0 atom stereocenters. The summed E-state index contributed by atoms with van der Waals surface area (Å²) in [6.07, 6.45) is 4.36. The van der Waals surface area contributed by atoms with Crippen LogP contribution in [0.25, 0.3) is 10.9 Å². The molecule has 0 saturated carbocycles. The van der Waals surface area contributed by atoms with Gasteiger partial charge in [-0.2, -0.15) is 5.10 Å². The van der Waals surface area contributed by atoms with Gasteiger partial charge < -0.3 is 5.32 Å². The molecule has 3 aromatic carbocycles. The number of anilines is 1. The van der Waals surface area contributed by atoms with Gasteiger partial charge in [0.2, 0.25) is 10.0 Å². The number of para-hydroxylation sites is 1. The zero-order chi connectivity index (χ0) is 25.4. The zero-order valence-corrected chi connectivity index (χ0v) is 20.4. The number of fused-ring (bicyclic) bond motifs is 1. The summed E-state index contributed by atoms with van der Waals surface area (Å²) >= 11 is 0. The summed E-state index contributed by atoms with van der Waals surface area (Å²) in [4.78, 5) is 17.6. The largest absolute Gasteiger partial charge is 0.352 e. The minimum atomic E-state index is -3.75. The summed E-state index contributed by atoms with van der Waals surface area (Å²) in [6.45, 7) is 0.585. The Balaban J connectivity index is 1.40. The van der Waals surface area contributed by atoms with E-state index in [2.05, 4.69) is 33.0 Å². The van der Waals surface area contributed by atoms with Crippen molar-refractivity contribution in [2.24, 2.45) is 10.2 Å². The number of benzene rings is 3. The van der Waals surface area contributed by atoms with E-state index in [0.29, 0.717) is 29.0 Å². The second-order valence-electron chi connectivity index (χ2n) is 8.25. The number of carbonyl (C=O) groups excluding carboxylic acids is 1. The molecule has 1 heterocycles. The highest BCUT2D eigenvalue weighted by molar-refractivity contribution is 7.89. The van der Waals surface area contributed by atoms with E-state index in [4.69, 9.17) is 5.14 Å². The van der Waals surface area contributed by atoms with E-state index >= 15 is 0 Å². The van der Waals surface area contributed by atoms with Crippen LogP contribution in [0.1, 0.15) is 34.5 Å². The maximum Gasteiger partial charge on any atom is 0.252 e. The van der Waals surface area contributed by atoms with Gasteiger partial charge in [0.15, 0.2) is 0 Å². The maximum absolute atomic E-state index is 13.0. The first-order chi connectivity index (χ1) is 17.4. The lowest BCUT2D eigenvalue weighted by molar-refractivity contribution is 0.0954. The summed E-state index contributed by atoms with van der Waals surface area (Å²) in [6, 6.07) is 25.4. The maximum atomic E-state index is 13.0. The SMILES string of the molecule is NS(=O)(=O)c1ccc(N/N=C/c2cc(C(=O)NCCCCc3ccccc3)c3ccccc3n2)cc1. The molecular formula is C27H27N5O3S. The molecule has 0 radical (unpaired) electrons. The number of aromatic nitrogens is 1. The van der Waals surface area contributed by atoms with Crippen molar-refractivity contribution in [3.8, 4) is 0 Å². The highest BCUT2D eigenvalue weighted by Crippen LogP contribution is 2.18. The molecule has 1 amide bonds. The number of rotatable bonds is 10. The van der Waals surface area contributed by atoms with Crippen molar-refractivity contribution in [1.29, 1.82) is 0 Å². The van der Waals surface area contributed by atoms with E-state index in [-0.39, 0.29) is 10.8 Å². The number of sulfonamides is 1. The van der Waals surface area contributed by atoms with Gasteiger partial charge in [0.05, 0.1) is 33.6 Å². The van der Waals surface area contributed by atoms with E-state index in [0.717, 1.165) is 24.6 Å². The van der Waals surface area contributed by atoms with Crippen molar-refractivity contribution in [2.45, 2.75) is 24.2 Å². The fourth-order valence-corrected chi connectivity index (χ4v) is 4.25. The number of nitrogens with one attached hydrogen (secondary N) is 2. The smallest absolute Gasteiger partial charge is 0.252 e. The van der Waals surface area contributed by atoms with Gasteiger partial charge in [0, 0.05) is 11.9 Å². The molecule has 4 rings (SSSR count). The van der Waals surface area contributed by atoms with Crippen LogP contribution >= 0.6 is 0 Å². The predicted octanol–water partition coefficient (Wildman–Crippen LogP) is 4.08. The summed E-state index contributed by atoms with van der Waals surface area (Å²) in [5.74, 6) is -0.158. The van der Waals surface area contributed by atoms with Crippen molar-refractivity contribution >= 4 is 38.7 Å². The van der Waals surface area contributed by atoms with Crippen LogP contribution in [0.4, 0.5) is 5.69 Å². The van der Waals surface area contributed by atoms with Crippen molar-refractivity contribution < 1.29 is 13.2 Å². The minimum Gasteiger partial charge on any atom is -0.352 e. The second kappa shape index (κ2) is 11.6. The van der Waals surface area contributed by atoms with Gasteiger partial charge in [-0.3, -0.25) is 10.2 Å². The van der Waals surface area contributed by atoms with Crippen molar-refractivity contribution in [3.63, 3.8) is 0 Å². The number of unbranched alkanes of at least 4 members (excludes halogenated alkanes) is 1. The standard InChI is InChI=1S/C27H27N5O3S/c28-36(34,35)23-15-13-21(14-16-23)32-30-19-22-18-25(24-11-4-5-12-26(24)31-22)27(33)29-17-7-6-10-20-8-2-1-3-9-20/h1-5,8-9,11-16,18-19,32H,6-7,10,17H2,(H,29,33)(H2,28,34,35)/b30-19+. The first-order valence-corrected chi connectivity index (χ1v) is 13.1. The Bertz CT molecular complexity index is 1470. The fourth-order valence-electron chi connectivity index (χ4n) is 3.74. The molecule has 0 aliphatic carbocycles. The predicted molar refractivity (Wildman–Crippen MR) is 142 cm³/mol. The Morgan fingerprint density at radius 3 is 2.42 bits per heavy atom. The monoisotopic (exact) mass is 501 g/mol. The third-order valence-corrected chi connectivity index (χ3v) is 6.50. The molecule has 0 aliphatic rings. The van der Waals surface area contributed by atoms with Gasteiger partial charge in [-0.15, -0.1) is 0 Å². The molecular weight excluding hydrogens is 474 g/mol. The zero-order valence-electron chi connectivity index (χ0n) is 19.6. The summed E-state index contributed by atoms with van der Waals surface area (Å²) < 4.78 is 22.8. The summed E-state index contributed by atoms with van der Waals surface area (Å²) in [5, 5.41) is 13.1. The molecule has 0 fully saturated rings. The molecule has 4 N–H and O–H groups in total. The molecule has 0 unspecified atom stereocenters. The molecule has 1 aromatic heterocycles. The van der Waals surface area contributed by atoms with Gasteiger partial charge in [0.25, 0.3) is 5.91 Å². The van der Waals surface area contributed by atoms with Gasteiger partial charge in [-0.05, 0) is 61.2 Å². The van der Waals surface area contributed by atoms with Gasteiger partial charge in [-0.25, -0.2) is 18.5 Å². The third kappa shape index (κ3) is 6.74. The summed E-state index contributed by atoms with van der Waals surface area (Å²) in [5.41, 5.74) is 6.42. The lowest BCUT2D eigenvalue weighted by Gasteiger charge is -2.09. The number of nitrogens with zero attached hydrogens (tertiary/aromatic N) is 2. The van der Waals surface area contributed by atoms with E-state index in [1.165, 1.54) is 23.9 Å². The van der Waals surface area contributed by atoms with Gasteiger partial charge in [-0.1, -0.05) is 48.5 Å². The lowest BCUT2D eigenvalue weighted by Crippen LogP contribution is -2.25. The average molecular weight is 502 g/mol. The number of primary sulfonamides is 1. The average Bonchev–Trinajstić information content (AvgIpc) is 2.88. The van der Waals surface area contributed by atoms with Crippen LogP contribution in [0.15, 0.2) is 94.9 Å². The number of aryl methyl sites for hydroxylation is 1. The summed E-state index contributed by atoms with van der Waals surface area (Å²) in [7, 11) is -3.75. The van der Waals surface area contributed by atoms with Crippen LogP contribution in [-0.2, 0) is 16.4 Å². The second-order valence-corrected chi connectivity index (χ2v) is 9.81. The van der Waals surface area contributed by atoms with Gasteiger partial charge in [0.1, 0.15) is 0 Å². The fraction of sp³-hybridized carbons (Fsp3) is 0.148. The molecule has 0 bridgehead atoms. The van der Waals surface area contributed by atoms with Crippen LogP contribution in [-0.4, -0.2) is 32.1 Å². The Hall–Kier alpha value is -4.08. The number of carbonyl (C=O) groups is 1. The van der Waals surface area contributed by atoms with Crippen LogP contribution < -0.4 is 15.9 Å². The van der Waals surface area contributed by atoms with Crippen molar-refractivity contribution in [2.75, 3.05) is 12.0 Å². The van der Waals surface area contributed by atoms with Crippen LogP contribution in [0.5, 0.6) is 0 Å². The number of nitrogens with two attached hydrogens (primary N) is 1. The normalized spacial score (nSPS) is 11.6. The number of hydrogen-bond donors (Lipinski definition) is 3. The highest BCUT2D eigenvalue weighted by Gasteiger charge is 2.12. The van der Waals surface area contributed by atoms with Crippen LogP contribution in [0.3, 0.4) is 0 Å². The molecule has 9 heteroatoms. The number of amides is 1. The first kappa shape index (κ1) is 25.0. The molecule has 0 saturated heterocycles. The van der Waals surface area contributed by atoms with Crippen molar-refractivity contribution in [1.82, 2.24) is 10.3 Å². The Morgan fingerprint density at radius 2 is 1.67 bits per heavy atom. The topological polar surface area (TPSA) is 127 Å². The number of hydrogen-bond acceptors (Lipinski definition) is 6. The molecule has 184 valence electrons. The van der Waals surface area contributed by atoms with E-state index in [1.54, 1.807) is 18.2 Å². The van der Waals surface area contributed by atoms with E-state index < -0.39 is 10.0 Å². The Labute approximate surface area is 210 Å². The third-order valence-electron chi connectivity index (χ3n) is 5.57. The Morgan fingerprint density at radius 1 is 0.944 bits per heavy atom. The molecule has 0 aliphatic heterocycles. The first-order valence-electron chi connectivity index (χ1n) is 11.5. The van der Waals surface area contributed by atoms with Crippen LogP contribution in [0.2, 0.25) is 0 Å². The molecule has 8 nitrogen and oxygen atoms in total. The van der Waals surface area contributed by atoms with E-state index in [9.17, 15) is 13.2 Å². The molecule has 4 aromatic rings. The molecule has 36 heavy (non-hydrogen) atoms. The quantitative estimate of drug-likeness (QED) is 0.171.